The second-order valence-corrected chi connectivity index (χ2v) is 8.12. The molecule has 0 amide bonds. The summed E-state index contributed by atoms with van der Waals surface area (Å²) in [7, 11) is 3.07. The van der Waals surface area contributed by atoms with Gasteiger partial charge in [-0.25, -0.2) is 9.86 Å². The highest BCUT2D eigenvalue weighted by molar-refractivity contribution is 5.58. The first-order valence-corrected chi connectivity index (χ1v) is 11.4. The highest BCUT2D eigenvalue weighted by atomic mass is 16.7. The van der Waals surface area contributed by atoms with Gasteiger partial charge in [-0.3, -0.25) is 9.40 Å². The summed E-state index contributed by atoms with van der Waals surface area (Å²) in [6.45, 7) is 0.200. The van der Waals surface area contributed by atoms with Gasteiger partial charge in [-0.15, -0.1) is 0 Å². The number of anilines is 1. The molecule has 0 aliphatic rings. The van der Waals surface area contributed by atoms with E-state index < -0.39 is 17.3 Å². The fourth-order valence-electron chi connectivity index (χ4n) is 4.44. The number of hydrogen-bond acceptors (Lipinski definition) is 6. The fourth-order valence-corrected chi connectivity index (χ4v) is 4.44. The standard InChI is InChI=1S/C28H29N3O4/c1-34-21-25(32)20-30-19-18-26(29-27(30)33)31(35-2)28(22-12-6-3-7-13-22,23-14-8-4-9-15-23)24-16-10-5-11-17-24/h3-19,25,32H,20-21H2,1-2H3/t25-/m0/s1. The molecule has 180 valence electrons. The summed E-state index contributed by atoms with van der Waals surface area (Å²) < 4.78 is 6.33. The Morgan fingerprint density at radius 1 is 0.857 bits per heavy atom. The summed E-state index contributed by atoms with van der Waals surface area (Å²) >= 11 is 0. The first-order chi connectivity index (χ1) is 17.1. The minimum Gasteiger partial charge on any atom is -0.389 e. The number of ether oxygens (including phenoxy) is 1. The number of methoxy groups -OCH3 is 1. The van der Waals surface area contributed by atoms with Crippen LogP contribution >= 0.6 is 0 Å². The minimum absolute atomic E-state index is 0.0775. The molecule has 0 fully saturated rings. The maximum absolute atomic E-state index is 13.0. The Balaban J connectivity index is 1.94. The summed E-state index contributed by atoms with van der Waals surface area (Å²) in [5.74, 6) is 0.339. The molecule has 0 saturated carbocycles. The molecule has 1 atom stereocenters. The van der Waals surface area contributed by atoms with E-state index in [2.05, 4.69) is 4.98 Å². The maximum atomic E-state index is 13.0. The number of hydrogen-bond donors (Lipinski definition) is 1. The predicted octanol–water partition coefficient (Wildman–Crippen LogP) is 3.61. The lowest BCUT2D eigenvalue weighted by atomic mass is 9.76. The van der Waals surface area contributed by atoms with Crippen molar-refractivity contribution in [3.05, 3.63) is 130 Å². The number of rotatable bonds is 10. The largest absolute Gasteiger partial charge is 0.389 e. The van der Waals surface area contributed by atoms with Crippen LogP contribution in [0.5, 0.6) is 0 Å². The zero-order valence-electron chi connectivity index (χ0n) is 19.8. The van der Waals surface area contributed by atoms with Crippen molar-refractivity contribution < 1.29 is 14.7 Å². The smallest absolute Gasteiger partial charge is 0.349 e. The molecule has 3 aromatic carbocycles. The molecule has 0 saturated heterocycles. The van der Waals surface area contributed by atoms with Gasteiger partial charge in [0.1, 0.15) is 5.54 Å². The van der Waals surface area contributed by atoms with Crippen LogP contribution in [0.2, 0.25) is 0 Å². The van der Waals surface area contributed by atoms with E-state index in [1.165, 1.54) is 11.7 Å². The lowest BCUT2D eigenvalue weighted by Crippen LogP contribution is -2.49. The average Bonchev–Trinajstić information content (AvgIpc) is 2.90. The van der Waals surface area contributed by atoms with Crippen molar-refractivity contribution in [2.75, 3.05) is 25.9 Å². The molecule has 4 rings (SSSR count). The Hall–Kier alpha value is -3.78. The SMILES string of the molecule is COC[C@@H](O)Cn1ccc(N(OC)C(c2ccccc2)(c2ccccc2)c2ccccc2)nc1=O. The molecule has 0 aliphatic heterocycles. The zero-order valence-corrected chi connectivity index (χ0v) is 19.8. The van der Waals surface area contributed by atoms with Crippen LogP contribution in [0.3, 0.4) is 0 Å². The predicted molar refractivity (Wildman–Crippen MR) is 135 cm³/mol. The van der Waals surface area contributed by atoms with Crippen molar-refractivity contribution >= 4 is 5.82 Å². The van der Waals surface area contributed by atoms with Crippen LogP contribution in [-0.4, -0.2) is 41.6 Å². The molecule has 0 spiro atoms. The molecule has 0 bridgehead atoms. The lowest BCUT2D eigenvalue weighted by molar-refractivity contribution is 0.0527. The number of benzene rings is 3. The van der Waals surface area contributed by atoms with E-state index in [9.17, 15) is 9.90 Å². The summed E-state index contributed by atoms with van der Waals surface area (Å²) in [6, 6.07) is 31.7. The molecule has 7 nitrogen and oxygen atoms in total. The highest BCUT2D eigenvalue weighted by Gasteiger charge is 2.44. The van der Waals surface area contributed by atoms with Crippen LogP contribution in [0.15, 0.2) is 108 Å². The van der Waals surface area contributed by atoms with Crippen molar-refractivity contribution in [3.63, 3.8) is 0 Å². The molecule has 4 aromatic rings. The number of nitrogens with zero attached hydrogens (tertiary/aromatic N) is 3. The number of aromatic nitrogens is 2. The van der Waals surface area contributed by atoms with Gasteiger partial charge >= 0.3 is 5.69 Å². The van der Waals surface area contributed by atoms with E-state index in [1.54, 1.807) is 24.4 Å². The monoisotopic (exact) mass is 471 g/mol. The van der Waals surface area contributed by atoms with E-state index in [-0.39, 0.29) is 13.2 Å². The van der Waals surface area contributed by atoms with Gasteiger partial charge < -0.3 is 9.84 Å². The Labute approximate surface area is 204 Å². The zero-order chi connectivity index (χ0) is 24.7. The van der Waals surface area contributed by atoms with Crippen molar-refractivity contribution in [1.29, 1.82) is 0 Å². The summed E-state index contributed by atoms with van der Waals surface area (Å²) in [5, 5.41) is 11.8. The van der Waals surface area contributed by atoms with E-state index in [0.29, 0.717) is 5.82 Å². The molecule has 35 heavy (non-hydrogen) atoms. The second-order valence-electron chi connectivity index (χ2n) is 8.12. The number of aliphatic hydroxyl groups excluding tert-OH is 1. The number of hydroxylamine groups is 1. The van der Waals surface area contributed by atoms with Gasteiger partial charge in [-0.05, 0) is 22.8 Å². The summed E-state index contributed by atoms with van der Waals surface area (Å²) in [6.07, 6.45) is 0.794. The Bertz CT molecular complexity index is 1170. The van der Waals surface area contributed by atoms with Crippen LogP contribution < -0.4 is 10.8 Å². The first-order valence-electron chi connectivity index (χ1n) is 11.4. The highest BCUT2D eigenvalue weighted by Crippen LogP contribution is 2.44. The van der Waals surface area contributed by atoms with Crippen molar-refractivity contribution in [1.82, 2.24) is 9.55 Å². The van der Waals surface area contributed by atoms with Crippen molar-refractivity contribution in [3.8, 4) is 0 Å². The first kappa shape index (κ1) is 24.3. The van der Waals surface area contributed by atoms with Gasteiger partial charge in [-0.1, -0.05) is 91.0 Å². The van der Waals surface area contributed by atoms with Gasteiger partial charge in [0.05, 0.1) is 26.4 Å². The molecule has 0 unspecified atom stereocenters. The third-order valence-corrected chi connectivity index (χ3v) is 5.90. The Morgan fingerprint density at radius 2 is 1.34 bits per heavy atom. The van der Waals surface area contributed by atoms with Crippen molar-refractivity contribution in [2.24, 2.45) is 0 Å². The van der Waals surface area contributed by atoms with Gasteiger partial charge in [0.2, 0.25) is 0 Å². The van der Waals surface area contributed by atoms with Crippen LogP contribution in [0.1, 0.15) is 16.7 Å². The van der Waals surface area contributed by atoms with Crippen LogP contribution in [-0.2, 0) is 21.7 Å². The molecule has 1 N–H and O–H groups in total. The van der Waals surface area contributed by atoms with E-state index >= 15 is 0 Å². The van der Waals surface area contributed by atoms with Crippen LogP contribution in [0.4, 0.5) is 5.82 Å². The summed E-state index contributed by atoms with van der Waals surface area (Å²) in [5.41, 5.74) is 1.39. The normalized spacial score (nSPS) is 12.3. The maximum Gasteiger partial charge on any atom is 0.349 e. The van der Waals surface area contributed by atoms with Gasteiger partial charge in [0, 0.05) is 13.3 Å². The minimum atomic E-state index is -0.945. The lowest BCUT2D eigenvalue weighted by Gasteiger charge is -2.44. The molecular formula is C28H29N3O4. The van der Waals surface area contributed by atoms with Crippen molar-refractivity contribution in [2.45, 2.75) is 18.2 Å². The quantitative estimate of drug-likeness (QED) is 0.281. The van der Waals surface area contributed by atoms with Gasteiger partial charge in [-0.2, -0.15) is 4.98 Å². The van der Waals surface area contributed by atoms with Crippen LogP contribution in [0.25, 0.3) is 0 Å². The third-order valence-electron chi connectivity index (χ3n) is 5.90. The molecule has 1 aromatic heterocycles. The molecular weight excluding hydrogens is 442 g/mol. The van der Waals surface area contributed by atoms with E-state index in [1.807, 2.05) is 91.0 Å². The third kappa shape index (κ3) is 4.88. The number of aliphatic hydroxyl groups is 1. The Morgan fingerprint density at radius 3 is 1.74 bits per heavy atom. The van der Waals surface area contributed by atoms with Gasteiger partial charge in [0.15, 0.2) is 5.82 Å². The van der Waals surface area contributed by atoms with E-state index in [4.69, 9.17) is 9.57 Å². The second kappa shape index (κ2) is 11.1. The average molecular weight is 472 g/mol. The topological polar surface area (TPSA) is 76.8 Å². The fraction of sp³-hybridized carbons (Fsp3) is 0.214. The van der Waals surface area contributed by atoms with Gasteiger partial charge in [0.25, 0.3) is 0 Å². The molecule has 0 radical (unpaired) electrons. The molecule has 0 aliphatic carbocycles. The molecule has 7 heteroatoms. The Kier molecular flexibility index (Phi) is 7.72. The van der Waals surface area contributed by atoms with Crippen LogP contribution in [0, 0.1) is 0 Å². The molecule has 1 heterocycles. The summed E-state index contributed by atoms with van der Waals surface area (Å²) in [4.78, 5) is 23.3. The van der Waals surface area contributed by atoms with E-state index in [0.717, 1.165) is 16.7 Å².